The smallest absolute Gasteiger partial charge is 0.330 e. The molecule has 0 aromatic heterocycles. The first-order valence-electron chi connectivity index (χ1n) is 5.96. The van der Waals surface area contributed by atoms with Crippen LogP contribution < -0.4 is 14.8 Å². The van der Waals surface area contributed by atoms with Crippen LogP contribution in [0.25, 0.3) is 0 Å². The summed E-state index contributed by atoms with van der Waals surface area (Å²) in [5.74, 6) is -0.855. The molecule has 1 aromatic rings. The summed E-state index contributed by atoms with van der Waals surface area (Å²) in [6, 6.07) is 4.91. The highest BCUT2D eigenvalue weighted by Gasteiger charge is 2.32. The Balaban J connectivity index is 3.04. The van der Waals surface area contributed by atoms with E-state index in [0.29, 0.717) is 4.31 Å². The van der Waals surface area contributed by atoms with Crippen LogP contribution in [-0.2, 0) is 10.2 Å². The van der Waals surface area contributed by atoms with Crippen molar-refractivity contribution in [2.75, 3.05) is 23.9 Å². The lowest BCUT2D eigenvalue weighted by Crippen LogP contribution is -2.45. The van der Waals surface area contributed by atoms with E-state index in [0.717, 1.165) is 6.07 Å². The maximum atomic E-state index is 13.7. The Hall–Kier alpha value is -1.39. The maximum Gasteiger partial charge on any atom is 0.402 e. The molecule has 0 bridgehead atoms. The molecule has 0 heterocycles. The second-order valence-electron chi connectivity index (χ2n) is 4.11. The average Bonchev–Trinajstić information content (AvgIpc) is 2.38. The Morgan fingerprint density at radius 2 is 1.86 bits per heavy atom. The molecule has 0 saturated carbocycles. The molecule has 0 saturated heterocycles. The predicted octanol–water partition coefficient (Wildman–Crippen LogP) is 1.38. The van der Waals surface area contributed by atoms with Gasteiger partial charge in [-0.25, -0.2) is 4.39 Å². The summed E-state index contributed by atoms with van der Waals surface area (Å²) in [6.07, 6.45) is -4.54. The molecule has 0 unspecified atom stereocenters. The van der Waals surface area contributed by atoms with E-state index >= 15 is 0 Å². The predicted molar refractivity (Wildman–Crippen MR) is 70.4 cm³/mol. The van der Waals surface area contributed by atoms with Crippen LogP contribution in [0.4, 0.5) is 23.2 Å². The molecule has 0 radical (unpaired) electrons. The zero-order valence-corrected chi connectivity index (χ0v) is 11.7. The van der Waals surface area contributed by atoms with Gasteiger partial charge in [0.05, 0.1) is 5.69 Å². The van der Waals surface area contributed by atoms with Gasteiger partial charge in [-0.15, -0.1) is 0 Å². The molecule has 0 amide bonds. The summed E-state index contributed by atoms with van der Waals surface area (Å²) in [4.78, 5) is 0. The van der Waals surface area contributed by atoms with Crippen LogP contribution in [0.2, 0.25) is 0 Å². The molecule has 3 N–H and O–H groups in total. The van der Waals surface area contributed by atoms with Gasteiger partial charge in [-0.3, -0.25) is 4.31 Å². The van der Waals surface area contributed by atoms with Crippen LogP contribution in [0, 0.1) is 5.82 Å². The first-order valence-corrected chi connectivity index (χ1v) is 7.40. The van der Waals surface area contributed by atoms with Crippen molar-refractivity contribution in [1.29, 1.82) is 0 Å². The number of benzene rings is 1. The summed E-state index contributed by atoms with van der Waals surface area (Å²) >= 11 is 0. The lowest BCUT2D eigenvalue weighted by Gasteiger charge is -2.25. The van der Waals surface area contributed by atoms with Crippen LogP contribution >= 0.6 is 0 Å². The fraction of sp³-hybridized carbons (Fsp3) is 0.455. The number of nitrogens with two attached hydrogens (primary N) is 1. The molecule has 0 fully saturated rings. The van der Waals surface area contributed by atoms with Crippen molar-refractivity contribution >= 4 is 15.9 Å². The number of hydrogen-bond acceptors (Lipinski definition) is 3. The SMILES string of the molecule is NCCCN(c1ccccc1F)S(=O)(=O)NCC(F)(F)F. The van der Waals surface area contributed by atoms with E-state index in [9.17, 15) is 26.0 Å². The van der Waals surface area contributed by atoms with Crippen molar-refractivity contribution in [3.8, 4) is 0 Å². The third-order valence-electron chi connectivity index (χ3n) is 2.43. The Labute approximate surface area is 119 Å². The summed E-state index contributed by atoms with van der Waals surface area (Å²) in [5, 5.41) is 0. The highest BCUT2D eigenvalue weighted by atomic mass is 32.2. The third-order valence-corrected chi connectivity index (χ3v) is 3.90. The maximum absolute atomic E-state index is 13.7. The minimum atomic E-state index is -4.71. The first-order chi connectivity index (χ1) is 9.67. The molecular weight excluding hydrogens is 314 g/mol. The molecule has 0 spiro atoms. The van der Waals surface area contributed by atoms with Gasteiger partial charge in [-0.2, -0.15) is 26.3 Å². The van der Waals surface area contributed by atoms with Crippen LogP contribution in [0.5, 0.6) is 0 Å². The number of anilines is 1. The van der Waals surface area contributed by atoms with Gasteiger partial charge in [0.25, 0.3) is 0 Å². The van der Waals surface area contributed by atoms with E-state index in [-0.39, 0.29) is 25.2 Å². The van der Waals surface area contributed by atoms with Crippen LogP contribution in [0.3, 0.4) is 0 Å². The van der Waals surface area contributed by atoms with E-state index in [2.05, 4.69) is 0 Å². The minimum absolute atomic E-state index is 0.111. The Morgan fingerprint density at radius 1 is 1.24 bits per heavy atom. The van der Waals surface area contributed by atoms with Crippen molar-refractivity contribution in [2.45, 2.75) is 12.6 Å². The number of halogens is 4. The fourth-order valence-corrected chi connectivity index (χ4v) is 2.79. The number of nitrogens with one attached hydrogen (secondary N) is 1. The molecule has 0 aliphatic carbocycles. The summed E-state index contributed by atoms with van der Waals surface area (Å²) in [7, 11) is -4.54. The Bertz CT molecular complexity index is 563. The van der Waals surface area contributed by atoms with E-state index in [1.54, 1.807) is 0 Å². The molecule has 120 valence electrons. The third kappa shape index (κ3) is 5.48. The molecule has 0 atom stereocenters. The summed E-state index contributed by atoms with van der Waals surface area (Å²) in [5.41, 5.74) is 4.93. The minimum Gasteiger partial charge on any atom is -0.330 e. The molecule has 10 heteroatoms. The van der Waals surface area contributed by atoms with Crippen molar-refractivity contribution in [3.63, 3.8) is 0 Å². The van der Waals surface area contributed by atoms with E-state index in [1.165, 1.54) is 22.9 Å². The van der Waals surface area contributed by atoms with Gasteiger partial charge in [0.2, 0.25) is 0 Å². The van der Waals surface area contributed by atoms with Gasteiger partial charge in [-0.05, 0) is 25.1 Å². The van der Waals surface area contributed by atoms with Crippen molar-refractivity contribution in [3.05, 3.63) is 30.1 Å². The Kier molecular flexibility index (Phi) is 5.93. The van der Waals surface area contributed by atoms with Crippen molar-refractivity contribution in [2.24, 2.45) is 5.73 Å². The van der Waals surface area contributed by atoms with E-state index in [1.807, 2.05) is 0 Å². The van der Waals surface area contributed by atoms with Crippen LogP contribution in [0.1, 0.15) is 6.42 Å². The monoisotopic (exact) mass is 329 g/mol. The molecule has 0 aliphatic rings. The second kappa shape index (κ2) is 7.05. The summed E-state index contributed by atoms with van der Waals surface area (Å²) < 4.78 is 75.9. The molecule has 5 nitrogen and oxygen atoms in total. The lowest BCUT2D eigenvalue weighted by molar-refractivity contribution is -0.121. The van der Waals surface area contributed by atoms with Gasteiger partial charge in [0.1, 0.15) is 12.4 Å². The van der Waals surface area contributed by atoms with Gasteiger partial charge in [0, 0.05) is 6.54 Å². The number of para-hydroxylation sites is 1. The zero-order valence-electron chi connectivity index (χ0n) is 10.9. The highest BCUT2D eigenvalue weighted by molar-refractivity contribution is 7.90. The molecule has 1 rings (SSSR count). The van der Waals surface area contributed by atoms with E-state index in [4.69, 9.17) is 5.73 Å². The molecular formula is C11H15F4N3O2S. The number of nitrogens with zero attached hydrogens (tertiary/aromatic N) is 1. The number of alkyl halides is 3. The standard InChI is InChI=1S/C11H15F4N3O2S/c12-9-4-1-2-5-10(9)18(7-3-6-16)21(19,20)17-8-11(13,14)15/h1-2,4-5,17H,3,6-8,16H2. The molecule has 0 aliphatic heterocycles. The van der Waals surface area contributed by atoms with Crippen LogP contribution in [-0.4, -0.2) is 34.2 Å². The Morgan fingerprint density at radius 3 is 2.38 bits per heavy atom. The molecule has 1 aromatic carbocycles. The van der Waals surface area contributed by atoms with Gasteiger partial charge < -0.3 is 5.73 Å². The van der Waals surface area contributed by atoms with Gasteiger partial charge in [0.15, 0.2) is 0 Å². The second-order valence-corrected chi connectivity index (χ2v) is 5.79. The summed E-state index contributed by atoms with van der Waals surface area (Å²) in [6.45, 7) is -1.85. The first kappa shape index (κ1) is 17.7. The van der Waals surface area contributed by atoms with E-state index < -0.39 is 28.7 Å². The largest absolute Gasteiger partial charge is 0.402 e. The number of rotatable bonds is 7. The topological polar surface area (TPSA) is 75.4 Å². The molecule has 21 heavy (non-hydrogen) atoms. The average molecular weight is 329 g/mol. The quantitative estimate of drug-likeness (QED) is 0.742. The zero-order chi connectivity index (χ0) is 16.1. The normalized spacial score (nSPS) is 12.4. The number of hydrogen-bond donors (Lipinski definition) is 2. The van der Waals surface area contributed by atoms with Gasteiger partial charge in [-0.1, -0.05) is 12.1 Å². The van der Waals surface area contributed by atoms with Crippen molar-refractivity contribution in [1.82, 2.24) is 4.72 Å². The van der Waals surface area contributed by atoms with Crippen LogP contribution in [0.15, 0.2) is 24.3 Å². The highest BCUT2D eigenvalue weighted by Crippen LogP contribution is 2.22. The lowest BCUT2D eigenvalue weighted by atomic mass is 10.3. The fourth-order valence-electron chi connectivity index (χ4n) is 1.51. The van der Waals surface area contributed by atoms with Crippen molar-refractivity contribution < 1.29 is 26.0 Å². The van der Waals surface area contributed by atoms with Gasteiger partial charge >= 0.3 is 16.4 Å².